The van der Waals surface area contributed by atoms with Gasteiger partial charge in [-0.15, -0.1) is 0 Å². The number of carbonyl (C=O) groups is 4. The highest BCUT2D eigenvalue weighted by molar-refractivity contribution is 7.47. The maximum atomic E-state index is 13.0. The van der Waals surface area contributed by atoms with Crippen molar-refractivity contribution < 1.29 is 80.2 Å². The first-order chi connectivity index (χ1) is 41.7. The summed E-state index contributed by atoms with van der Waals surface area (Å²) in [5.74, 6) is -2.13. The first kappa shape index (κ1) is 84.1. The second-order valence-electron chi connectivity index (χ2n) is 24.2. The Morgan fingerprint density at radius 3 is 0.686 bits per heavy atom. The van der Waals surface area contributed by atoms with Crippen LogP contribution in [0.5, 0.6) is 0 Å². The monoisotopic (exact) mass is 1270 g/mol. The third-order valence-corrected chi connectivity index (χ3v) is 17.5. The van der Waals surface area contributed by atoms with Gasteiger partial charge in [0.25, 0.3) is 0 Å². The quantitative estimate of drug-likeness (QED) is 0.0222. The number of unbranched alkanes of at least 4 members (excludes halogenated alkanes) is 42. The maximum Gasteiger partial charge on any atom is 0.472 e. The summed E-state index contributed by atoms with van der Waals surface area (Å²) in [6.45, 7) is 4.86. The van der Waals surface area contributed by atoms with Crippen LogP contribution >= 0.6 is 15.6 Å². The molecule has 0 aromatic carbocycles. The molecule has 0 aromatic rings. The van der Waals surface area contributed by atoms with Gasteiger partial charge in [-0.2, -0.15) is 0 Å². The Morgan fingerprint density at radius 2 is 0.465 bits per heavy atom. The molecule has 0 aliphatic rings. The highest BCUT2D eigenvalue weighted by Gasteiger charge is 2.30. The van der Waals surface area contributed by atoms with E-state index < -0.39 is 97.5 Å². The van der Waals surface area contributed by atoms with Crippen molar-refractivity contribution in [3.05, 3.63) is 0 Å². The summed E-state index contributed by atoms with van der Waals surface area (Å²) in [6, 6.07) is 0. The average molecular weight is 1270 g/mol. The predicted molar refractivity (Wildman–Crippen MR) is 345 cm³/mol. The summed E-state index contributed by atoms with van der Waals surface area (Å²) >= 11 is 0. The molecule has 0 radical (unpaired) electrons. The molecule has 0 aliphatic heterocycles. The molecule has 3 N–H and O–H groups in total. The molecule has 19 heteroatoms. The van der Waals surface area contributed by atoms with Crippen LogP contribution in [0.3, 0.4) is 0 Å². The first-order valence-corrected chi connectivity index (χ1v) is 38.3. The van der Waals surface area contributed by atoms with Crippen molar-refractivity contribution in [1.29, 1.82) is 0 Å². The van der Waals surface area contributed by atoms with E-state index in [-0.39, 0.29) is 25.7 Å². The van der Waals surface area contributed by atoms with Crippen LogP contribution in [0.1, 0.15) is 349 Å². The van der Waals surface area contributed by atoms with Crippen molar-refractivity contribution in [2.75, 3.05) is 39.6 Å². The van der Waals surface area contributed by atoms with Crippen LogP contribution in [0.25, 0.3) is 0 Å². The lowest BCUT2D eigenvalue weighted by molar-refractivity contribution is -0.161. The summed E-state index contributed by atoms with van der Waals surface area (Å²) in [6.07, 6.45) is 48.7. The number of aliphatic hydroxyl groups excluding tert-OH is 1. The van der Waals surface area contributed by atoms with Crippen molar-refractivity contribution in [3.63, 3.8) is 0 Å². The van der Waals surface area contributed by atoms with E-state index in [0.717, 1.165) is 109 Å². The smallest absolute Gasteiger partial charge is 0.462 e. The second-order valence-corrected chi connectivity index (χ2v) is 27.1. The fourth-order valence-electron chi connectivity index (χ4n) is 10.2. The lowest BCUT2D eigenvalue weighted by Crippen LogP contribution is -2.30. The Kier molecular flexibility index (Phi) is 60.5. The molecule has 0 spiro atoms. The third kappa shape index (κ3) is 60.9. The molecule has 0 bridgehead atoms. The Labute approximate surface area is 524 Å². The van der Waals surface area contributed by atoms with Gasteiger partial charge in [0.05, 0.1) is 26.4 Å². The van der Waals surface area contributed by atoms with Gasteiger partial charge in [0.2, 0.25) is 0 Å². The minimum absolute atomic E-state index is 0.105. The predicted octanol–water partition coefficient (Wildman–Crippen LogP) is 19.1. The zero-order valence-electron chi connectivity index (χ0n) is 55.3. The van der Waals surface area contributed by atoms with Gasteiger partial charge in [-0.3, -0.25) is 37.3 Å². The van der Waals surface area contributed by atoms with Crippen LogP contribution in [-0.2, 0) is 65.4 Å². The van der Waals surface area contributed by atoms with Crippen molar-refractivity contribution in [2.45, 2.75) is 367 Å². The molecular formula is C67H130O17P2. The van der Waals surface area contributed by atoms with Gasteiger partial charge in [-0.05, 0) is 25.7 Å². The molecule has 0 rings (SSSR count). The summed E-state index contributed by atoms with van der Waals surface area (Å²) < 4.78 is 68.0. The number of phosphoric acid groups is 2. The zero-order valence-corrected chi connectivity index (χ0v) is 57.1. The van der Waals surface area contributed by atoms with E-state index in [4.69, 9.17) is 37.0 Å². The molecule has 0 amide bonds. The summed E-state index contributed by atoms with van der Waals surface area (Å²) in [5.41, 5.74) is 0. The third-order valence-electron chi connectivity index (χ3n) is 15.6. The van der Waals surface area contributed by atoms with Crippen molar-refractivity contribution in [3.8, 4) is 0 Å². The van der Waals surface area contributed by atoms with Crippen LogP contribution < -0.4 is 0 Å². The van der Waals surface area contributed by atoms with Gasteiger partial charge >= 0.3 is 39.5 Å². The van der Waals surface area contributed by atoms with E-state index in [0.29, 0.717) is 25.7 Å². The van der Waals surface area contributed by atoms with E-state index in [1.807, 2.05) is 0 Å². The highest BCUT2D eigenvalue weighted by atomic mass is 31.2. The molecule has 0 aromatic heterocycles. The minimum Gasteiger partial charge on any atom is -0.462 e. The number of phosphoric ester groups is 2. The van der Waals surface area contributed by atoms with Crippen LogP contribution in [0.4, 0.5) is 0 Å². The Balaban J connectivity index is 5.17. The molecule has 0 aliphatic carbocycles. The van der Waals surface area contributed by atoms with Crippen molar-refractivity contribution >= 4 is 39.5 Å². The van der Waals surface area contributed by atoms with E-state index in [9.17, 15) is 43.2 Å². The van der Waals surface area contributed by atoms with Crippen LogP contribution in [-0.4, -0.2) is 96.7 Å². The summed E-state index contributed by atoms with van der Waals surface area (Å²) in [7, 11) is -9.88. The van der Waals surface area contributed by atoms with Gasteiger partial charge < -0.3 is 33.8 Å². The standard InChI is InChI=1S/C67H130O17P2/c1-5-9-13-17-21-24-26-28-30-32-34-36-38-42-46-50-54-67(72)84-63(58-78-65(70)52-48-44-41-37-35-33-31-29-27-25-22-18-14-10-6-2)60-82-86(75,76)80-56-61(68)55-79-85(73,74)81-59-62(57-77-64(69)51-47-43-39-20-16-12-8-4)83-66(71)53-49-45-40-23-19-15-11-7-3/h61-63,68H,5-60H2,1-4H3,(H,73,74)(H,75,76)/t61-,62+,63+/m0/s1. The summed E-state index contributed by atoms with van der Waals surface area (Å²) in [4.78, 5) is 72.2. The van der Waals surface area contributed by atoms with Crippen molar-refractivity contribution in [1.82, 2.24) is 0 Å². The lowest BCUT2D eigenvalue weighted by atomic mass is 10.0. The van der Waals surface area contributed by atoms with Gasteiger partial charge in [0, 0.05) is 25.7 Å². The van der Waals surface area contributed by atoms with Gasteiger partial charge in [-0.25, -0.2) is 9.13 Å². The van der Waals surface area contributed by atoms with Gasteiger partial charge in [0.1, 0.15) is 19.3 Å². The number of hydrogen-bond acceptors (Lipinski definition) is 15. The van der Waals surface area contributed by atoms with E-state index in [2.05, 4.69) is 27.7 Å². The number of carbonyl (C=O) groups excluding carboxylic acids is 4. The largest absolute Gasteiger partial charge is 0.472 e. The molecule has 17 nitrogen and oxygen atoms in total. The number of rotatable bonds is 68. The average Bonchev–Trinajstić information content (AvgIpc) is 3.57. The van der Waals surface area contributed by atoms with Gasteiger partial charge in [0.15, 0.2) is 12.2 Å². The second kappa shape index (κ2) is 61.9. The molecule has 2 unspecified atom stereocenters. The molecule has 510 valence electrons. The normalized spacial score (nSPS) is 14.1. The van der Waals surface area contributed by atoms with Crippen molar-refractivity contribution in [2.24, 2.45) is 0 Å². The molecular weight excluding hydrogens is 1140 g/mol. The van der Waals surface area contributed by atoms with E-state index in [1.54, 1.807) is 0 Å². The van der Waals surface area contributed by atoms with E-state index in [1.165, 1.54) is 161 Å². The Hall–Kier alpha value is -1.94. The number of aliphatic hydroxyl groups is 1. The summed E-state index contributed by atoms with van der Waals surface area (Å²) in [5, 5.41) is 10.5. The molecule has 0 heterocycles. The Morgan fingerprint density at radius 1 is 0.279 bits per heavy atom. The highest BCUT2D eigenvalue weighted by Crippen LogP contribution is 2.45. The number of ether oxygens (including phenoxy) is 4. The molecule has 0 saturated carbocycles. The lowest BCUT2D eigenvalue weighted by Gasteiger charge is -2.21. The fourth-order valence-corrected chi connectivity index (χ4v) is 11.7. The molecule has 0 fully saturated rings. The zero-order chi connectivity index (χ0) is 63.3. The SMILES string of the molecule is CCCCCCCCCCCCCCCCCCC(=O)O[C@H](COC(=O)CCCCCCCCCCCCCCCCC)COP(=O)(O)OC[C@@H](O)COP(=O)(O)OC[C@@H](COC(=O)CCCCCCCCC)OC(=O)CCCCCCCCCC. The number of esters is 4. The van der Waals surface area contributed by atoms with Crippen LogP contribution in [0, 0.1) is 0 Å². The topological polar surface area (TPSA) is 237 Å². The van der Waals surface area contributed by atoms with Crippen LogP contribution in [0.15, 0.2) is 0 Å². The molecule has 5 atom stereocenters. The minimum atomic E-state index is -4.95. The molecule has 0 saturated heterocycles. The Bertz CT molecular complexity index is 1650. The van der Waals surface area contributed by atoms with Crippen LogP contribution in [0.2, 0.25) is 0 Å². The maximum absolute atomic E-state index is 13.0. The van der Waals surface area contributed by atoms with E-state index >= 15 is 0 Å². The van der Waals surface area contributed by atoms with Gasteiger partial charge in [-0.1, -0.05) is 297 Å². The fraction of sp³-hybridized carbons (Fsp3) is 0.940. The molecule has 86 heavy (non-hydrogen) atoms. The first-order valence-electron chi connectivity index (χ1n) is 35.3. The number of hydrogen-bond donors (Lipinski definition) is 3.